The molecule has 3 heterocycles. The van der Waals surface area contributed by atoms with E-state index in [1.54, 1.807) is 13.3 Å². The quantitative estimate of drug-likeness (QED) is 0.694. The van der Waals surface area contributed by atoms with E-state index in [-0.39, 0.29) is 5.82 Å². The summed E-state index contributed by atoms with van der Waals surface area (Å²) in [4.78, 5) is 8.24. The molecular formula is C13H10FN3O. The van der Waals surface area contributed by atoms with Crippen LogP contribution in [0.25, 0.3) is 16.9 Å². The van der Waals surface area contributed by atoms with Crippen molar-refractivity contribution in [3.63, 3.8) is 0 Å². The second-order valence-electron chi connectivity index (χ2n) is 3.83. The fourth-order valence-electron chi connectivity index (χ4n) is 1.84. The Kier molecular flexibility index (Phi) is 2.44. The Hall–Kier alpha value is -2.43. The maximum atomic E-state index is 13.1. The van der Waals surface area contributed by atoms with E-state index in [1.165, 1.54) is 12.3 Å². The van der Waals surface area contributed by atoms with Gasteiger partial charge in [0.05, 0.1) is 19.0 Å². The van der Waals surface area contributed by atoms with Gasteiger partial charge in [-0.05, 0) is 18.2 Å². The fourth-order valence-corrected chi connectivity index (χ4v) is 1.84. The van der Waals surface area contributed by atoms with Crippen molar-refractivity contribution in [1.82, 2.24) is 14.4 Å². The van der Waals surface area contributed by atoms with Gasteiger partial charge in [-0.3, -0.25) is 4.98 Å². The number of fused-ring (bicyclic) bond motifs is 1. The SMILES string of the molecule is COc1cccn2cc(-c3cncc(F)c3)nc12. The summed E-state index contributed by atoms with van der Waals surface area (Å²) in [5.41, 5.74) is 1.99. The lowest BCUT2D eigenvalue weighted by atomic mass is 10.2. The van der Waals surface area contributed by atoms with Crippen LogP contribution in [0.15, 0.2) is 43.0 Å². The number of aromatic nitrogens is 3. The van der Waals surface area contributed by atoms with E-state index in [0.717, 1.165) is 0 Å². The predicted octanol–water partition coefficient (Wildman–Crippen LogP) is 2.54. The number of pyridine rings is 2. The molecule has 3 rings (SSSR count). The Bertz CT molecular complexity index is 708. The Morgan fingerprint density at radius 3 is 3.00 bits per heavy atom. The number of halogens is 1. The average Bonchev–Trinajstić information content (AvgIpc) is 2.82. The maximum Gasteiger partial charge on any atom is 0.180 e. The van der Waals surface area contributed by atoms with Crippen molar-refractivity contribution in [2.45, 2.75) is 0 Å². The van der Waals surface area contributed by atoms with Crippen LogP contribution in [0.5, 0.6) is 5.75 Å². The Morgan fingerprint density at radius 1 is 1.33 bits per heavy atom. The second kappa shape index (κ2) is 4.10. The molecule has 0 amide bonds. The first-order valence-corrected chi connectivity index (χ1v) is 5.40. The van der Waals surface area contributed by atoms with Crippen molar-refractivity contribution in [3.05, 3.63) is 48.8 Å². The lowest BCUT2D eigenvalue weighted by molar-refractivity contribution is 0.417. The van der Waals surface area contributed by atoms with E-state index in [2.05, 4.69) is 9.97 Å². The molecule has 0 saturated carbocycles. The van der Waals surface area contributed by atoms with Gasteiger partial charge in [0.25, 0.3) is 0 Å². The number of methoxy groups -OCH3 is 1. The van der Waals surface area contributed by atoms with E-state index in [9.17, 15) is 4.39 Å². The highest BCUT2D eigenvalue weighted by Gasteiger charge is 2.08. The molecule has 0 aromatic carbocycles. The van der Waals surface area contributed by atoms with E-state index >= 15 is 0 Å². The zero-order chi connectivity index (χ0) is 12.5. The van der Waals surface area contributed by atoms with Gasteiger partial charge in [-0.25, -0.2) is 9.37 Å². The Balaban J connectivity index is 2.19. The number of imidazole rings is 1. The summed E-state index contributed by atoms with van der Waals surface area (Å²) >= 11 is 0. The minimum Gasteiger partial charge on any atom is -0.493 e. The molecule has 5 heteroatoms. The van der Waals surface area contributed by atoms with E-state index in [4.69, 9.17) is 4.74 Å². The van der Waals surface area contributed by atoms with Crippen LogP contribution >= 0.6 is 0 Å². The van der Waals surface area contributed by atoms with Gasteiger partial charge in [-0.1, -0.05) is 0 Å². The largest absolute Gasteiger partial charge is 0.493 e. The molecule has 18 heavy (non-hydrogen) atoms. The first-order valence-electron chi connectivity index (χ1n) is 5.40. The predicted molar refractivity (Wildman–Crippen MR) is 64.9 cm³/mol. The standard InChI is InChI=1S/C13H10FN3O/c1-18-12-3-2-4-17-8-11(16-13(12)17)9-5-10(14)7-15-6-9/h2-8H,1H3. The minimum atomic E-state index is -0.378. The van der Waals surface area contributed by atoms with E-state index < -0.39 is 0 Å². The molecule has 0 radical (unpaired) electrons. The summed E-state index contributed by atoms with van der Waals surface area (Å²) in [6.45, 7) is 0. The minimum absolute atomic E-state index is 0.378. The van der Waals surface area contributed by atoms with Crippen LogP contribution in [0.3, 0.4) is 0 Å². The first kappa shape index (κ1) is 10.7. The van der Waals surface area contributed by atoms with Crippen LogP contribution in [0.4, 0.5) is 4.39 Å². The monoisotopic (exact) mass is 243 g/mol. The van der Waals surface area contributed by atoms with E-state index in [0.29, 0.717) is 22.7 Å². The van der Waals surface area contributed by atoms with Crippen molar-refractivity contribution in [3.8, 4) is 17.0 Å². The Morgan fingerprint density at radius 2 is 2.22 bits per heavy atom. The topological polar surface area (TPSA) is 39.4 Å². The van der Waals surface area contributed by atoms with Crippen molar-refractivity contribution in [2.75, 3.05) is 7.11 Å². The van der Waals surface area contributed by atoms with Gasteiger partial charge in [-0.2, -0.15) is 0 Å². The highest BCUT2D eigenvalue weighted by molar-refractivity contribution is 5.65. The van der Waals surface area contributed by atoms with Crippen LogP contribution in [0, 0.1) is 5.82 Å². The van der Waals surface area contributed by atoms with Crippen molar-refractivity contribution in [2.24, 2.45) is 0 Å². The molecule has 3 aromatic heterocycles. The maximum absolute atomic E-state index is 13.1. The van der Waals surface area contributed by atoms with Gasteiger partial charge < -0.3 is 9.14 Å². The summed E-state index contributed by atoms with van der Waals surface area (Å²) in [5.74, 6) is 0.296. The van der Waals surface area contributed by atoms with Gasteiger partial charge in [0.2, 0.25) is 0 Å². The molecule has 0 fully saturated rings. The molecule has 0 atom stereocenters. The molecule has 4 nitrogen and oxygen atoms in total. The number of hydrogen-bond acceptors (Lipinski definition) is 3. The summed E-state index contributed by atoms with van der Waals surface area (Å²) < 4.78 is 20.2. The zero-order valence-corrected chi connectivity index (χ0v) is 9.67. The van der Waals surface area contributed by atoms with E-state index in [1.807, 2.05) is 28.9 Å². The summed E-state index contributed by atoms with van der Waals surface area (Å²) in [5, 5.41) is 0. The van der Waals surface area contributed by atoms with Gasteiger partial charge >= 0.3 is 0 Å². The van der Waals surface area contributed by atoms with Crippen LogP contribution in [-0.4, -0.2) is 21.5 Å². The normalized spacial score (nSPS) is 10.8. The smallest absolute Gasteiger partial charge is 0.180 e. The van der Waals surface area contributed by atoms with Crippen molar-refractivity contribution < 1.29 is 9.13 Å². The highest BCUT2D eigenvalue weighted by atomic mass is 19.1. The van der Waals surface area contributed by atoms with Gasteiger partial charge in [0.1, 0.15) is 5.82 Å². The summed E-state index contributed by atoms with van der Waals surface area (Å²) in [6, 6.07) is 5.10. The van der Waals surface area contributed by atoms with Crippen LogP contribution in [0.1, 0.15) is 0 Å². The third kappa shape index (κ3) is 1.69. The molecular weight excluding hydrogens is 233 g/mol. The zero-order valence-electron chi connectivity index (χ0n) is 9.67. The number of ether oxygens (including phenoxy) is 1. The number of hydrogen-bond donors (Lipinski definition) is 0. The third-order valence-electron chi connectivity index (χ3n) is 2.67. The molecule has 0 unspecified atom stereocenters. The lowest BCUT2D eigenvalue weighted by Crippen LogP contribution is -1.88. The molecule has 3 aromatic rings. The van der Waals surface area contributed by atoms with Gasteiger partial charge in [-0.15, -0.1) is 0 Å². The number of rotatable bonds is 2. The average molecular weight is 243 g/mol. The first-order chi connectivity index (χ1) is 8.78. The van der Waals surface area contributed by atoms with Gasteiger partial charge in [0.15, 0.2) is 11.4 Å². The van der Waals surface area contributed by atoms with Crippen LogP contribution in [-0.2, 0) is 0 Å². The summed E-state index contributed by atoms with van der Waals surface area (Å²) in [7, 11) is 1.59. The van der Waals surface area contributed by atoms with Crippen LogP contribution < -0.4 is 4.74 Å². The molecule has 0 aliphatic carbocycles. The lowest BCUT2D eigenvalue weighted by Gasteiger charge is -1.99. The number of nitrogens with zero attached hydrogens (tertiary/aromatic N) is 3. The van der Waals surface area contributed by atoms with Gasteiger partial charge in [0, 0.05) is 24.2 Å². The fraction of sp³-hybridized carbons (Fsp3) is 0.0769. The summed E-state index contributed by atoms with van der Waals surface area (Å²) in [6.07, 6.45) is 6.42. The van der Waals surface area contributed by atoms with Crippen molar-refractivity contribution in [1.29, 1.82) is 0 Å². The molecule has 0 saturated heterocycles. The molecule has 0 aliphatic heterocycles. The Labute approximate surface area is 103 Å². The molecule has 0 aliphatic rings. The van der Waals surface area contributed by atoms with Crippen molar-refractivity contribution >= 4 is 5.65 Å². The molecule has 0 N–H and O–H groups in total. The molecule has 90 valence electrons. The van der Waals surface area contributed by atoms with Crippen LogP contribution in [0.2, 0.25) is 0 Å². The third-order valence-corrected chi connectivity index (χ3v) is 2.67. The second-order valence-corrected chi connectivity index (χ2v) is 3.83. The molecule has 0 spiro atoms. The molecule has 0 bridgehead atoms. The highest BCUT2D eigenvalue weighted by Crippen LogP contribution is 2.23.